The van der Waals surface area contributed by atoms with E-state index in [0.717, 1.165) is 5.56 Å². The van der Waals surface area contributed by atoms with Gasteiger partial charge in [-0.25, -0.2) is 0 Å². The second kappa shape index (κ2) is 6.78. The van der Waals surface area contributed by atoms with Crippen LogP contribution in [0.2, 0.25) is 10.0 Å². The van der Waals surface area contributed by atoms with Crippen molar-refractivity contribution in [3.63, 3.8) is 0 Å². The number of hydrogen-bond donors (Lipinski definition) is 1. The molecule has 1 N–H and O–H groups in total. The van der Waals surface area contributed by atoms with Crippen molar-refractivity contribution in [1.29, 1.82) is 0 Å². The van der Waals surface area contributed by atoms with Crippen LogP contribution in [0, 0.1) is 0 Å². The summed E-state index contributed by atoms with van der Waals surface area (Å²) in [5, 5.41) is 3.60. The van der Waals surface area contributed by atoms with E-state index in [9.17, 15) is 4.79 Å². The van der Waals surface area contributed by atoms with Crippen LogP contribution < -0.4 is 5.32 Å². The molecule has 2 aromatic rings. The van der Waals surface area contributed by atoms with Crippen LogP contribution in [-0.2, 0) is 4.79 Å². The molecule has 0 aliphatic rings. The Labute approximate surface area is 128 Å². The summed E-state index contributed by atoms with van der Waals surface area (Å²) in [5.74, 6) is 0.0691. The first-order valence-corrected chi connectivity index (χ1v) is 7.12. The van der Waals surface area contributed by atoms with Gasteiger partial charge in [0.1, 0.15) is 0 Å². The van der Waals surface area contributed by atoms with Gasteiger partial charge in [-0.3, -0.25) is 4.79 Å². The van der Waals surface area contributed by atoms with Crippen LogP contribution in [0.15, 0.2) is 48.5 Å². The van der Waals surface area contributed by atoms with Gasteiger partial charge in [0, 0.05) is 6.42 Å². The van der Waals surface area contributed by atoms with E-state index in [4.69, 9.17) is 23.2 Å². The number of rotatable bonds is 4. The molecule has 2 nitrogen and oxygen atoms in total. The first-order chi connectivity index (χ1) is 9.58. The Balaban J connectivity index is 2.01. The van der Waals surface area contributed by atoms with Gasteiger partial charge in [-0.15, -0.1) is 0 Å². The SMILES string of the molecule is C[C@@H](CC(=O)Nc1cccc(Cl)c1Cl)c1ccccc1. The summed E-state index contributed by atoms with van der Waals surface area (Å²) in [4.78, 5) is 12.0. The van der Waals surface area contributed by atoms with Crippen LogP contribution in [0.25, 0.3) is 0 Å². The van der Waals surface area contributed by atoms with Gasteiger partial charge in [-0.2, -0.15) is 0 Å². The van der Waals surface area contributed by atoms with E-state index in [2.05, 4.69) is 5.32 Å². The predicted octanol–water partition coefficient (Wildman–Crippen LogP) is 5.13. The van der Waals surface area contributed by atoms with E-state index in [0.29, 0.717) is 22.2 Å². The second-order valence-corrected chi connectivity index (χ2v) is 5.45. The third-order valence-electron chi connectivity index (χ3n) is 3.09. The van der Waals surface area contributed by atoms with Crippen LogP contribution in [0.5, 0.6) is 0 Å². The average Bonchev–Trinajstić information content (AvgIpc) is 2.45. The van der Waals surface area contributed by atoms with Crippen LogP contribution in [0.3, 0.4) is 0 Å². The molecule has 0 heterocycles. The standard InChI is InChI=1S/C16H15Cl2NO/c1-11(12-6-3-2-4-7-12)10-15(20)19-14-9-5-8-13(17)16(14)18/h2-9,11H,10H2,1H3,(H,19,20)/t11-/m0/s1. The van der Waals surface area contributed by atoms with Crippen molar-refractivity contribution in [2.24, 2.45) is 0 Å². The molecule has 0 saturated heterocycles. The van der Waals surface area contributed by atoms with Crippen molar-refractivity contribution < 1.29 is 4.79 Å². The maximum atomic E-state index is 12.0. The fourth-order valence-corrected chi connectivity index (χ4v) is 2.33. The molecule has 0 aliphatic heterocycles. The van der Waals surface area contributed by atoms with Gasteiger partial charge in [0.2, 0.25) is 5.91 Å². The topological polar surface area (TPSA) is 29.1 Å². The molecular formula is C16H15Cl2NO. The number of carbonyl (C=O) groups excluding carboxylic acids is 1. The Hall–Kier alpha value is -1.51. The summed E-state index contributed by atoms with van der Waals surface area (Å²) in [7, 11) is 0. The molecular weight excluding hydrogens is 293 g/mol. The highest BCUT2D eigenvalue weighted by molar-refractivity contribution is 6.43. The fourth-order valence-electron chi connectivity index (χ4n) is 1.98. The molecule has 0 aromatic heterocycles. The van der Waals surface area contributed by atoms with Gasteiger partial charge in [0.05, 0.1) is 15.7 Å². The Morgan fingerprint density at radius 2 is 1.80 bits per heavy atom. The predicted molar refractivity (Wildman–Crippen MR) is 84.6 cm³/mol. The summed E-state index contributed by atoms with van der Waals surface area (Å²) < 4.78 is 0. The van der Waals surface area contributed by atoms with Crippen LogP contribution in [0.4, 0.5) is 5.69 Å². The lowest BCUT2D eigenvalue weighted by Gasteiger charge is -2.13. The van der Waals surface area contributed by atoms with Crippen LogP contribution in [0.1, 0.15) is 24.8 Å². The van der Waals surface area contributed by atoms with E-state index < -0.39 is 0 Å². The number of nitrogens with one attached hydrogen (secondary N) is 1. The van der Waals surface area contributed by atoms with Gasteiger partial charge >= 0.3 is 0 Å². The Bertz CT molecular complexity index is 599. The largest absolute Gasteiger partial charge is 0.325 e. The van der Waals surface area contributed by atoms with E-state index in [-0.39, 0.29) is 11.8 Å². The molecule has 0 radical (unpaired) electrons. The second-order valence-electron chi connectivity index (χ2n) is 4.67. The maximum absolute atomic E-state index is 12.0. The molecule has 0 aliphatic carbocycles. The minimum Gasteiger partial charge on any atom is -0.325 e. The van der Waals surface area contributed by atoms with Crippen LogP contribution >= 0.6 is 23.2 Å². The van der Waals surface area contributed by atoms with Gasteiger partial charge in [0.15, 0.2) is 0 Å². The number of anilines is 1. The highest BCUT2D eigenvalue weighted by atomic mass is 35.5. The highest BCUT2D eigenvalue weighted by Crippen LogP contribution is 2.30. The van der Waals surface area contributed by atoms with E-state index >= 15 is 0 Å². The minimum absolute atomic E-state index is 0.0782. The van der Waals surface area contributed by atoms with Crippen molar-refractivity contribution in [2.75, 3.05) is 5.32 Å². The first-order valence-electron chi connectivity index (χ1n) is 6.36. The zero-order valence-electron chi connectivity index (χ0n) is 11.1. The molecule has 2 rings (SSSR count). The summed E-state index contributed by atoms with van der Waals surface area (Å²) >= 11 is 12.0. The zero-order chi connectivity index (χ0) is 14.5. The zero-order valence-corrected chi connectivity index (χ0v) is 12.6. The fraction of sp³-hybridized carbons (Fsp3) is 0.188. The molecule has 2 aromatic carbocycles. The van der Waals surface area contributed by atoms with E-state index in [1.54, 1.807) is 18.2 Å². The highest BCUT2D eigenvalue weighted by Gasteiger charge is 2.13. The van der Waals surface area contributed by atoms with Crippen molar-refractivity contribution in [1.82, 2.24) is 0 Å². The third-order valence-corrected chi connectivity index (χ3v) is 3.90. The molecule has 1 atom stereocenters. The monoisotopic (exact) mass is 307 g/mol. The average molecular weight is 308 g/mol. The number of halogens is 2. The number of benzene rings is 2. The Morgan fingerprint density at radius 3 is 2.50 bits per heavy atom. The molecule has 1 amide bonds. The van der Waals surface area contributed by atoms with E-state index in [1.807, 2.05) is 37.3 Å². The van der Waals surface area contributed by atoms with Crippen LogP contribution in [-0.4, -0.2) is 5.91 Å². The van der Waals surface area contributed by atoms with Crippen molar-refractivity contribution in [2.45, 2.75) is 19.3 Å². The normalized spacial score (nSPS) is 11.9. The summed E-state index contributed by atoms with van der Waals surface area (Å²) in [5.41, 5.74) is 1.68. The van der Waals surface area contributed by atoms with Gasteiger partial charge < -0.3 is 5.32 Å². The van der Waals surface area contributed by atoms with Gasteiger partial charge in [-0.1, -0.05) is 66.5 Å². The molecule has 0 spiro atoms. The first kappa shape index (κ1) is 14.9. The molecule has 4 heteroatoms. The number of amides is 1. The lowest BCUT2D eigenvalue weighted by Crippen LogP contribution is -2.14. The molecule has 0 unspecified atom stereocenters. The number of carbonyl (C=O) groups is 1. The summed E-state index contributed by atoms with van der Waals surface area (Å²) in [6.07, 6.45) is 0.396. The molecule has 104 valence electrons. The lowest BCUT2D eigenvalue weighted by atomic mass is 9.97. The minimum atomic E-state index is -0.0782. The maximum Gasteiger partial charge on any atom is 0.225 e. The van der Waals surface area contributed by atoms with Gasteiger partial charge in [0.25, 0.3) is 0 Å². The summed E-state index contributed by atoms with van der Waals surface area (Å²) in [6, 6.07) is 15.1. The van der Waals surface area contributed by atoms with Gasteiger partial charge in [-0.05, 0) is 23.6 Å². The quantitative estimate of drug-likeness (QED) is 0.834. The summed E-state index contributed by atoms with van der Waals surface area (Å²) in [6.45, 7) is 2.02. The lowest BCUT2D eigenvalue weighted by molar-refractivity contribution is -0.116. The Kier molecular flexibility index (Phi) is 5.05. The third kappa shape index (κ3) is 3.75. The van der Waals surface area contributed by atoms with E-state index in [1.165, 1.54) is 0 Å². The van der Waals surface area contributed by atoms with Crippen molar-refractivity contribution >= 4 is 34.8 Å². The number of hydrogen-bond acceptors (Lipinski definition) is 1. The Morgan fingerprint density at radius 1 is 1.10 bits per heavy atom. The van der Waals surface area contributed by atoms with Crippen molar-refractivity contribution in [3.8, 4) is 0 Å². The molecule has 0 fully saturated rings. The molecule has 20 heavy (non-hydrogen) atoms. The van der Waals surface area contributed by atoms with Crippen molar-refractivity contribution in [3.05, 3.63) is 64.1 Å². The molecule has 0 bridgehead atoms. The smallest absolute Gasteiger partial charge is 0.225 e. The molecule has 0 saturated carbocycles.